The zero-order valence-electron chi connectivity index (χ0n) is 13.0. The van der Waals surface area contributed by atoms with Crippen LogP contribution < -0.4 is 5.32 Å². The predicted molar refractivity (Wildman–Crippen MR) is 79.9 cm³/mol. The van der Waals surface area contributed by atoms with Crippen molar-refractivity contribution in [1.82, 2.24) is 15.1 Å². The fourth-order valence-corrected chi connectivity index (χ4v) is 4.06. The second-order valence-electron chi connectivity index (χ2n) is 6.51. The first-order chi connectivity index (χ1) is 9.65. The van der Waals surface area contributed by atoms with Crippen LogP contribution in [0.4, 0.5) is 0 Å². The van der Waals surface area contributed by atoms with Crippen molar-refractivity contribution in [2.24, 2.45) is 0 Å². The van der Waals surface area contributed by atoms with Crippen molar-refractivity contribution >= 4 is 0 Å². The lowest BCUT2D eigenvalue weighted by Gasteiger charge is -2.38. The summed E-state index contributed by atoms with van der Waals surface area (Å²) in [5, 5.41) is 8.08. The van der Waals surface area contributed by atoms with Gasteiger partial charge in [-0.2, -0.15) is 5.10 Å². The summed E-state index contributed by atoms with van der Waals surface area (Å²) in [6.45, 7) is 6.14. The van der Waals surface area contributed by atoms with Crippen molar-refractivity contribution in [1.29, 1.82) is 0 Å². The molecule has 0 amide bonds. The molecule has 0 bridgehead atoms. The molecular weight excluding hydrogens is 250 g/mol. The Hall–Kier alpha value is -0.870. The molecule has 1 spiro atoms. The fourth-order valence-electron chi connectivity index (χ4n) is 4.06. The minimum absolute atomic E-state index is 0.165. The second-order valence-corrected chi connectivity index (χ2v) is 6.51. The van der Waals surface area contributed by atoms with Crippen LogP contribution in [0.2, 0.25) is 0 Å². The molecule has 1 aromatic heterocycles. The molecule has 1 saturated carbocycles. The summed E-state index contributed by atoms with van der Waals surface area (Å²) in [5.74, 6) is 0. The second kappa shape index (κ2) is 5.49. The van der Waals surface area contributed by atoms with Crippen LogP contribution in [-0.4, -0.2) is 29.0 Å². The van der Waals surface area contributed by atoms with Crippen LogP contribution in [0.25, 0.3) is 0 Å². The highest BCUT2D eigenvalue weighted by atomic mass is 16.5. The minimum Gasteiger partial charge on any atom is -0.375 e. The maximum Gasteiger partial charge on any atom is 0.0703 e. The lowest BCUT2D eigenvalue weighted by atomic mass is 9.89. The van der Waals surface area contributed by atoms with Crippen LogP contribution >= 0.6 is 0 Å². The van der Waals surface area contributed by atoms with E-state index in [1.807, 2.05) is 7.05 Å². The van der Waals surface area contributed by atoms with Gasteiger partial charge >= 0.3 is 0 Å². The van der Waals surface area contributed by atoms with E-state index in [0.717, 1.165) is 26.0 Å². The fraction of sp³-hybridized carbons (Fsp3) is 0.812. The molecule has 2 fully saturated rings. The third-order valence-electron chi connectivity index (χ3n) is 5.16. The van der Waals surface area contributed by atoms with Gasteiger partial charge in [0.05, 0.1) is 17.3 Å². The molecule has 2 aliphatic rings. The Labute approximate surface area is 121 Å². The first-order valence-electron chi connectivity index (χ1n) is 7.98. The molecule has 3 rings (SSSR count). The molecule has 1 N–H and O–H groups in total. The average molecular weight is 277 g/mol. The van der Waals surface area contributed by atoms with E-state index in [-0.39, 0.29) is 5.60 Å². The van der Waals surface area contributed by atoms with E-state index in [1.54, 1.807) is 0 Å². The Morgan fingerprint density at radius 1 is 1.35 bits per heavy atom. The zero-order valence-corrected chi connectivity index (χ0v) is 13.0. The number of nitrogens with one attached hydrogen (secondary N) is 1. The maximum atomic E-state index is 6.15. The Bertz CT molecular complexity index is 474. The summed E-state index contributed by atoms with van der Waals surface area (Å²) in [7, 11) is 2.00. The molecule has 1 unspecified atom stereocenters. The van der Waals surface area contributed by atoms with Crippen molar-refractivity contribution in [3.8, 4) is 0 Å². The van der Waals surface area contributed by atoms with Crippen molar-refractivity contribution < 1.29 is 4.74 Å². The van der Waals surface area contributed by atoms with E-state index in [4.69, 9.17) is 9.84 Å². The topological polar surface area (TPSA) is 39.1 Å². The Balaban J connectivity index is 1.83. The van der Waals surface area contributed by atoms with Gasteiger partial charge in [0.2, 0.25) is 0 Å². The van der Waals surface area contributed by atoms with Gasteiger partial charge in [0.25, 0.3) is 0 Å². The van der Waals surface area contributed by atoms with E-state index < -0.39 is 0 Å². The van der Waals surface area contributed by atoms with E-state index in [2.05, 4.69) is 23.8 Å². The van der Waals surface area contributed by atoms with Crippen LogP contribution in [0.15, 0.2) is 0 Å². The summed E-state index contributed by atoms with van der Waals surface area (Å²) >= 11 is 0. The van der Waals surface area contributed by atoms with Crippen LogP contribution in [0, 0.1) is 13.8 Å². The van der Waals surface area contributed by atoms with Gasteiger partial charge in [-0.05, 0) is 46.6 Å². The molecule has 1 saturated heterocycles. The third-order valence-corrected chi connectivity index (χ3v) is 5.16. The standard InChI is InChI=1S/C16H27N3O/c1-12-15(11-17-3)13(2)19(18-12)14-6-9-20-16(10-14)7-4-5-8-16/h14,17H,4-11H2,1-3H3. The van der Waals surface area contributed by atoms with Crippen molar-refractivity contribution in [3.63, 3.8) is 0 Å². The van der Waals surface area contributed by atoms with Gasteiger partial charge in [0.15, 0.2) is 0 Å². The van der Waals surface area contributed by atoms with Gasteiger partial charge in [-0.3, -0.25) is 4.68 Å². The third kappa shape index (κ3) is 2.40. The van der Waals surface area contributed by atoms with E-state index in [1.165, 1.54) is 42.6 Å². The highest BCUT2D eigenvalue weighted by Crippen LogP contribution is 2.43. The first-order valence-corrected chi connectivity index (χ1v) is 7.98. The van der Waals surface area contributed by atoms with Crippen LogP contribution in [0.1, 0.15) is 61.5 Å². The van der Waals surface area contributed by atoms with Gasteiger partial charge in [-0.1, -0.05) is 12.8 Å². The maximum absolute atomic E-state index is 6.15. The Morgan fingerprint density at radius 3 is 2.80 bits per heavy atom. The summed E-state index contributed by atoms with van der Waals surface area (Å²) in [6.07, 6.45) is 7.39. The number of nitrogens with zero attached hydrogens (tertiary/aromatic N) is 2. The van der Waals surface area contributed by atoms with Gasteiger partial charge in [0.1, 0.15) is 0 Å². The molecule has 2 heterocycles. The SMILES string of the molecule is CNCc1c(C)nn(C2CCOC3(CCCC3)C2)c1C. The molecule has 1 atom stereocenters. The molecule has 112 valence electrons. The van der Waals surface area contributed by atoms with Gasteiger partial charge in [-0.25, -0.2) is 0 Å². The molecule has 0 aromatic carbocycles. The summed E-state index contributed by atoms with van der Waals surface area (Å²) in [5.41, 5.74) is 4.03. The zero-order chi connectivity index (χ0) is 14.2. The van der Waals surface area contributed by atoms with Crippen molar-refractivity contribution in [2.45, 2.75) is 70.6 Å². The molecule has 0 radical (unpaired) electrons. The number of aromatic nitrogens is 2. The number of rotatable bonds is 3. The molecule has 20 heavy (non-hydrogen) atoms. The molecule has 1 aromatic rings. The summed E-state index contributed by atoms with van der Waals surface area (Å²) in [6, 6.07) is 0.520. The highest BCUT2D eigenvalue weighted by Gasteiger charge is 2.41. The van der Waals surface area contributed by atoms with Gasteiger partial charge in [-0.15, -0.1) is 0 Å². The van der Waals surface area contributed by atoms with Crippen LogP contribution in [-0.2, 0) is 11.3 Å². The molecule has 4 nitrogen and oxygen atoms in total. The Kier molecular flexibility index (Phi) is 3.87. The first kappa shape index (κ1) is 14.1. The molecule has 4 heteroatoms. The van der Waals surface area contributed by atoms with E-state index in [0.29, 0.717) is 6.04 Å². The molecule has 1 aliphatic carbocycles. The van der Waals surface area contributed by atoms with Crippen LogP contribution in [0.5, 0.6) is 0 Å². The molecular formula is C16H27N3O. The Morgan fingerprint density at radius 2 is 2.10 bits per heavy atom. The minimum atomic E-state index is 0.165. The lowest BCUT2D eigenvalue weighted by Crippen LogP contribution is -2.38. The van der Waals surface area contributed by atoms with Crippen LogP contribution in [0.3, 0.4) is 0 Å². The smallest absolute Gasteiger partial charge is 0.0703 e. The summed E-state index contributed by atoms with van der Waals surface area (Å²) < 4.78 is 8.43. The van der Waals surface area contributed by atoms with E-state index >= 15 is 0 Å². The molecule has 1 aliphatic heterocycles. The summed E-state index contributed by atoms with van der Waals surface area (Å²) in [4.78, 5) is 0. The normalized spacial score (nSPS) is 25.4. The van der Waals surface area contributed by atoms with Crippen molar-refractivity contribution in [3.05, 3.63) is 17.0 Å². The number of hydrogen-bond acceptors (Lipinski definition) is 3. The number of aryl methyl sites for hydroxylation is 1. The van der Waals surface area contributed by atoms with E-state index in [9.17, 15) is 0 Å². The number of ether oxygens (including phenoxy) is 1. The highest BCUT2D eigenvalue weighted by molar-refractivity contribution is 5.25. The number of hydrogen-bond donors (Lipinski definition) is 1. The van der Waals surface area contributed by atoms with Gasteiger partial charge in [0, 0.05) is 24.4 Å². The lowest BCUT2D eigenvalue weighted by molar-refractivity contribution is -0.0912. The van der Waals surface area contributed by atoms with Gasteiger partial charge < -0.3 is 10.1 Å². The average Bonchev–Trinajstić information content (AvgIpc) is 2.99. The monoisotopic (exact) mass is 277 g/mol. The largest absolute Gasteiger partial charge is 0.375 e. The van der Waals surface area contributed by atoms with Crippen molar-refractivity contribution in [2.75, 3.05) is 13.7 Å². The quantitative estimate of drug-likeness (QED) is 0.923. The predicted octanol–water partition coefficient (Wildman–Crippen LogP) is 2.88.